The van der Waals surface area contributed by atoms with Crippen molar-refractivity contribution in [3.63, 3.8) is 0 Å². The highest BCUT2D eigenvalue weighted by molar-refractivity contribution is 5.80. The first-order valence-electron chi connectivity index (χ1n) is 16.5. The molecular weight excluding hydrogens is 644 g/mol. The summed E-state index contributed by atoms with van der Waals surface area (Å²) in [5.74, 6) is 1.24. The molecule has 0 heterocycles. The van der Waals surface area contributed by atoms with E-state index < -0.39 is 0 Å². The summed E-state index contributed by atoms with van der Waals surface area (Å²) in [6, 6.07) is 16.3. The zero-order valence-electron chi connectivity index (χ0n) is 30.2. The lowest BCUT2D eigenvalue weighted by Gasteiger charge is -2.12. The highest BCUT2D eigenvalue weighted by Gasteiger charge is 2.07. The van der Waals surface area contributed by atoms with Crippen molar-refractivity contribution in [2.45, 2.75) is 59.3 Å². The number of ether oxygens (including phenoxy) is 2. The molecule has 0 fully saturated rings. The van der Waals surface area contributed by atoms with Crippen molar-refractivity contribution in [2.75, 3.05) is 0 Å². The molecule has 0 atom stereocenters. The van der Waals surface area contributed by atoms with Crippen LogP contribution in [0.25, 0.3) is 16.7 Å². The third kappa shape index (κ3) is 23.3. The molecule has 2 aromatic rings. The van der Waals surface area contributed by atoms with Gasteiger partial charge in [0.2, 0.25) is 0 Å². The fourth-order valence-electron chi connectivity index (χ4n) is 4.27. The second-order valence-corrected chi connectivity index (χ2v) is 9.70. The maximum absolute atomic E-state index is 8.81. The Morgan fingerprint density at radius 3 is 1.63 bits per heavy atom. The van der Waals surface area contributed by atoms with Crippen molar-refractivity contribution >= 4 is 18.1 Å². The Morgan fingerprint density at radius 1 is 0.588 bits per heavy atom. The van der Waals surface area contributed by atoms with Crippen LogP contribution in [0.1, 0.15) is 64.9 Å². The van der Waals surface area contributed by atoms with Crippen LogP contribution in [0.5, 0.6) is 5.75 Å². The van der Waals surface area contributed by atoms with Gasteiger partial charge in [0.05, 0.1) is 0 Å². The Labute approximate surface area is 304 Å². The van der Waals surface area contributed by atoms with Gasteiger partial charge in [0.1, 0.15) is 36.6 Å². The van der Waals surface area contributed by atoms with Gasteiger partial charge >= 0.3 is 0 Å². The van der Waals surface area contributed by atoms with Gasteiger partial charge in [-0.2, -0.15) is 0 Å². The van der Waals surface area contributed by atoms with Crippen LogP contribution in [0.2, 0.25) is 0 Å². The summed E-state index contributed by atoms with van der Waals surface area (Å²) >= 11 is 0. The predicted molar refractivity (Wildman–Crippen MR) is 210 cm³/mol. The number of aldehydes is 2. The van der Waals surface area contributed by atoms with Crippen LogP contribution in [-0.2, 0) is 24.1 Å². The second kappa shape index (κ2) is 35.6. The first kappa shape index (κ1) is 47.4. The molecule has 0 bridgehead atoms. The Kier molecular flexibility index (Phi) is 33.1. The molecule has 8 heteroatoms. The van der Waals surface area contributed by atoms with Gasteiger partial charge in [-0.15, -0.1) is 26.3 Å². The standard InChI is InChI=1S/C35H38O6.2C2H4O.2C2H4/c1-2-3-4-5-8-12-31-13-11-15-33(38-25-27-40-36)14-9-6-7-10-16-35(31)32-19-17-29(18-20-32)30-21-23-34(24-22-30)39-26-28-41-37;2*1-2-3;2*1-2/h6-7,9-11,13-28,36-37H,2-5,8,12H2,1H3;2*2H,1H3;2*1-2H2/b7-6+,9-6?,10-7?,13-11+,14-9-,15-11?,16-10-,27-25-,28-26-,31-13?,33-14?,33-15+,35-16?,35-31+;;;;. The number of carbonyl (C=O) groups is 2. The zero-order chi connectivity index (χ0) is 38.4. The molecule has 3 rings (SSSR count). The molecule has 8 nitrogen and oxygen atoms in total. The summed E-state index contributed by atoms with van der Waals surface area (Å²) in [7, 11) is 0. The van der Waals surface area contributed by atoms with Crippen molar-refractivity contribution in [1.82, 2.24) is 0 Å². The molecule has 2 aromatic carbocycles. The first-order chi connectivity index (χ1) is 25.1. The van der Waals surface area contributed by atoms with Crippen LogP contribution in [0.3, 0.4) is 0 Å². The summed E-state index contributed by atoms with van der Waals surface area (Å²) in [4.78, 5) is 25.4. The van der Waals surface area contributed by atoms with Gasteiger partial charge in [-0.1, -0.05) is 112 Å². The van der Waals surface area contributed by atoms with Gasteiger partial charge in [-0.3, -0.25) is 0 Å². The third-order valence-corrected chi connectivity index (χ3v) is 6.33. The zero-order valence-corrected chi connectivity index (χ0v) is 30.2. The minimum absolute atomic E-state index is 0.603. The maximum Gasteiger partial charge on any atom is 0.164 e. The van der Waals surface area contributed by atoms with Crippen molar-refractivity contribution < 1.29 is 39.4 Å². The molecule has 1 aliphatic rings. The van der Waals surface area contributed by atoms with Gasteiger partial charge in [0.15, 0.2) is 12.5 Å². The van der Waals surface area contributed by atoms with Gasteiger partial charge in [-0.05, 0) is 78.8 Å². The minimum Gasteiger partial charge on any atom is -0.462 e. The van der Waals surface area contributed by atoms with E-state index in [1.165, 1.54) is 63.2 Å². The van der Waals surface area contributed by atoms with Gasteiger partial charge < -0.3 is 28.8 Å². The van der Waals surface area contributed by atoms with Gasteiger partial charge in [-0.25, -0.2) is 10.5 Å². The topological polar surface area (TPSA) is 112 Å². The van der Waals surface area contributed by atoms with Crippen LogP contribution in [0.15, 0.2) is 166 Å². The smallest absolute Gasteiger partial charge is 0.164 e. The van der Waals surface area contributed by atoms with Gasteiger partial charge in [0.25, 0.3) is 0 Å². The summed E-state index contributed by atoms with van der Waals surface area (Å²) in [5, 5.41) is 16.9. The minimum atomic E-state index is 0.603. The van der Waals surface area contributed by atoms with E-state index in [2.05, 4.69) is 85.5 Å². The number of benzene rings is 2. The lowest BCUT2D eigenvalue weighted by atomic mass is 9.93. The number of carbonyl (C=O) groups excluding carboxylic acids is 2. The first-order valence-corrected chi connectivity index (χ1v) is 16.5. The molecule has 0 radical (unpaired) electrons. The molecule has 0 unspecified atom stereocenters. The molecule has 0 spiro atoms. The quantitative estimate of drug-likeness (QED) is 0.0501. The van der Waals surface area contributed by atoms with E-state index in [4.69, 9.17) is 29.6 Å². The molecule has 2 N–H and O–H groups in total. The van der Waals surface area contributed by atoms with Crippen molar-refractivity contribution in [2.24, 2.45) is 0 Å². The average molecular weight is 699 g/mol. The van der Waals surface area contributed by atoms with E-state index in [1.807, 2.05) is 60.7 Å². The van der Waals surface area contributed by atoms with E-state index in [0.29, 0.717) is 11.5 Å². The molecule has 51 heavy (non-hydrogen) atoms. The molecule has 274 valence electrons. The highest BCUT2D eigenvalue weighted by atomic mass is 17.1. The van der Waals surface area contributed by atoms with E-state index in [0.717, 1.165) is 54.6 Å². The van der Waals surface area contributed by atoms with Gasteiger partial charge in [0, 0.05) is 0 Å². The van der Waals surface area contributed by atoms with Crippen LogP contribution < -0.4 is 4.74 Å². The Morgan fingerprint density at radius 2 is 1.08 bits per heavy atom. The Hall–Kier alpha value is -5.70. The monoisotopic (exact) mass is 698 g/mol. The molecule has 0 aromatic heterocycles. The summed E-state index contributed by atoms with van der Waals surface area (Å²) < 4.78 is 10.9. The number of hydrogen-bond acceptors (Lipinski definition) is 8. The van der Waals surface area contributed by atoms with Crippen molar-refractivity contribution in [1.29, 1.82) is 0 Å². The average Bonchev–Trinajstić information content (AvgIpc) is 3.16. The second-order valence-electron chi connectivity index (χ2n) is 9.70. The molecule has 0 amide bonds. The van der Waals surface area contributed by atoms with E-state index in [9.17, 15) is 0 Å². The Balaban J connectivity index is 0. The van der Waals surface area contributed by atoms with E-state index >= 15 is 0 Å². The molecule has 0 saturated carbocycles. The molecule has 1 aliphatic carbocycles. The molecule has 0 aliphatic heterocycles. The highest BCUT2D eigenvalue weighted by Crippen LogP contribution is 2.29. The van der Waals surface area contributed by atoms with Crippen LogP contribution in [0.4, 0.5) is 0 Å². The lowest BCUT2D eigenvalue weighted by Crippen LogP contribution is -1.91. The summed E-state index contributed by atoms with van der Waals surface area (Å²) in [5.41, 5.74) is 5.72. The number of hydrogen-bond donors (Lipinski definition) is 2. The Bertz CT molecular complexity index is 1420. The van der Waals surface area contributed by atoms with Crippen molar-refractivity contribution in [3.05, 3.63) is 171 Å². The number of allylic oxidation sites excluding steroid dienone is 11. The normalized spacial score (nSPS) is 16.7. The lowest BCUT2D eigenvalue weighted by molar-refractivity contribution is -0.188. The summed E-state index contributed by atoms with van der Waals surface area (Å²) in [6.45, 7) is 17.1. The third-order valence-electron chi connectivity index (χ3n) is 6.33. The van der Waals surface area contributed by atoms with E-state index in [-0.39, 0.29) is 0 Å². The predicted octanol–water partition coefficient (Wildman–Crippen LogP) is 11.9. The maximum atomic E-state index is 8.81. The number of unbranched alkanes of at least 4 members (excludes halogenated alkanes) is 4. The largest absolute Gasteiger partial charge is 0.462 e. The SMILES string of the molecule is C=C.C=C.CC=O.CC=O.CCCCCCCC1=C(c2ccc(-c3ccc(O/C=C\OO)cc3)cc2)/C=C\C=C\C=C/C(O/C=C\OO)=C\C=C\1. The fraction of sp³-hybridized carbons (Fsp3) is 0.209. The summed E-state index contributed by atoms with van der Waals surface area (Å²) in [6.07, 6.45) is 31.1. The molecular formula is C43H54O8. The van der Waals surface area contributed by atoms with Crippen LogP contribution in [0, 0.1) is 0 Å². The van der Waals surface area contributed by atoms with Crippen LogP contribution >= 0.6 is 0 Å². The fourth-order valence-corrected chi connectivity index (χ4v) is 4.27. The molecule has 0 saturated heterocycles. The van der Waals surface area contributed by atoms with E-state index in [1.54, 1.807) is 0 Å². The number of rotatable bonds is 14. The van der Waals surface area contributed by atoms with Crippen molar-refractivity contribution in [3.8, 4) is 16.9 Å². The van der Waals surface area contributed by atoms with Crippen LogP contribution in [-0.4, -0.2) is 23.1 Å².